The molecule has 492 valence electrons. The summed E-state index contributed by atoms with van der Waals surface area (Å²) in [6, 6.07) is -0.624. The number of amides is 1. The standard InChI is InChI=1S/C77H149NO5/c1-3-5-7-9-11-13-15-17-42-47-51-55-59-63-67-71-77(82)83-72-68-64-60-56-52-48-44-41-39-37-35-33-31-29-27-25-23-21-19-20-22-24-26-28-30-32-34-36-38-40-43-46-50-54-58-62-66-70-76(81)78-74(73-79)75(80)69-65-61-57-53-49-45-18-16-14-12-10-8-6-4-2/h19,21,65,69,74-75,79-80H,3-18,20,22-64,66-68,70-73H2,1-2H3,(H,78,81)/b21-19-,69-65+. The van der Waals surface area contributed by atoms with E-state index in [4.69, 9.17) is 4.74 Å². The van der Waals surface area contributed by atoms with Gasteiger partial charge in [0.1, 0.15) is 0 Å². The maximum atomic E-state index is 12.5. The van der Waals surface area contributed by atoms with Crippen molar-refractivity contribution in [1.82, 2.24) is 5.32 Å². The second-order valence-electron chi connectivity index (χ2n) is 26.3. The van der Waals surface area contributed by atoms with Crippen molar-refractivity contribution in [2.24, 2.45) is 0 Å². The number of aliphatic hydroxyl groups excluding tert-OH is 2. The predicted molar refractivity (Wildman–Crippen MR) is 366 cm³/mol. The molecule has 0 saturated carbocycles. The van der Waals surface area contributed by atoms with Crippen LogP contribution in [0.15, 0.2) is 24.3 Å². The molecule has 6 heteroatoms. The fourth-order valence-corrected chi connectivity index (χ4v) is 12.2. The second kappa shape index (κ2) is 72.8. The Morgan fingerprint density at radius 2 is 0.566 bits per heavy atom. The predicted octanol–water partition coefficient (Wildman–Crippen LogP) is 24.9. The largest absolute Gasteiger partial charge is 0.466 e. The smallest absolute Gasteiger partial charge is 0.305 e. The molecule has 0 bridgehead atoms. The van der Waals surface area contributed by atoms with Gasteiger partial charge in [-0.1, -0.05) is 385 Å². The van der Waals surface area contributed by atoms with Gasteiger partial charge in [-0.15, -0.1) is 0 Å². The summed E-state index contributed by atoms with van der Waals surface area (Å²) in [5.74, 6) is -0.0366. The number of carbonyl (C=O) groups is 2. The van der Waals surface area contributed by atoms with E-state index in [0.29, 0.717) is 19.4 Å². The molecule has 0 aromatic carbocycles. The molecule has 0 fully saturated rings. The Bertz CT molecular complexity index is 1300. The number of hydrogen-bond donors (Lipinski definition) is 3. The van der Waals surface area contributed by atoms with Gasteiger partial charge in [0, 0.05) is 12.8 Å². The van der Waals surface area contributed by atoms with E-state index < -0.39 is 12.1 Å². The van der Waals surface area contributed by atoms with E-state index >= 15 is 0 Å². The fraction of sp³-hybridized carbons (Fsp3) is 0.922. The van der Waals surface area contributed by atoms with Crippen molar-refractivity contribution >= 4 is 11.9 Å². The van der Waals surface area contributed by atoms with E-state index in [1.807, 2.05) is 6.08 Å². The van der Waals surface area contributed by atoms with Gasteiger partial charge in [-0.3, -0.25) is 9.59 Å². The van der Waals surface area contributed by atoms with Crippen LogP contribution >= 0.6 is 0 Å². The van der Waals surface area contributed by atoms with Crippen LogP contribution in [0.25, 0.3) is 0 Å². The Balaban J connectivity index is 3.32. The normalized spacial score (nSPS) is 12.6. The number of aliphatic hydroxyl groups is 2. The molecular formula is C77H149NO5. The summed E-state index contributed by atoms with van der Waals surface area (Å²) in [4.78, 5) is 24.6. The Morgan fingerprint density at radius 1 is 0.325 bits per heavy atom. The number of allylic oxidation sites excluding steroid dienone is 3. The van der Waals surface area contributed by atoms with Gasteiger partial charge in [-0.25, -0.2) is 0 Å². The third kappa shape index (κ3) is 69.3. The van der Waals surface area contributed by atoms with E-state index in [-0.39, 0.29) is 18.5 Å². The molecule has 0 aromatic rings. The van der Waals surface area contributed by atoms with Crippen LogP contribution in [0.1, 0.15) is 431 Å². The minimum absolute atomic E-state index is 0.0249. The molecule has 1 amide bonds. The number of esters is 1. The average molecular weight is 1170 g/mol. The molecule has 2 atom stereocenters. The summed E-state index contributed by atoms with van der Waals surface area (Å²) in [6.45, 7) is 4.95. The third-order valence-electron chi connectivity index (χ3n) is 18.0. The summed E-state index contributed by atoms with van der Waals surface area (Å²) in [5, 5.41) is 23.2. The van der Waals surface area contributed by atoms with Crippen LogP contribution in [-0.4, -0.2) is 47.4 Å². The Labute approximate surface area is 520 Å². The number of ether oxygens (including phenoxy) is 1. The zero-order chi connectivity index (χ0) is 59.9. The lowest BCUT2D eigenvalue weighted by Crippen LogP contribution is -2.45. The molecule has 0 aliphatic carbocycles. The van der Waals surface area contributed by atoms with Gasteiger partial charge >= 0.3 is 5.97 Å². The highest BCUT2D eigenvalue weighted by atomic mass is 16.5. The fourth-order valence-electron chi connectivity index (χ4n) is 12.2. The lowest BCUT2D eigenvalue weighted by molar-refractivity contribution is -0.143. The quantitative estimate of drug-likeness (QED) is 0.0320. The Hall–Kier alpha value is -1.66. The number of rotatable bonds is 72. The maximum absolute atomic E-state index is 12.5. The summed E-state index contributed by atoms with van der Waals surface area (Å²) >= 11 is 0. The minimum atomic E-state index is -0.841. The first-order chi connectivity index (χ1) is 41.0. The third-order valence-corrected chi connectivity index (χ3v) is 18.0. The number of nitrogens with one attached hydrogen (secondary N) is 1. The lowest BCUT2D eigenvalue weighted by atomic mass is 10.0. The van der Waals surface area contributed by atoms with Crippen molar-refractivity contribution < 1.29 is 24.5 Å². The number of hydrogen-bond acceptors (Lipinski definition) is 5. The van der Waals surface area contributed by atoms with Crippen molar-refractivity contribution in [3.05, 3.63) is 24.3 Å². The second-order valence-corrected chi connectivity index (χ2v) is 26.3. The summed E-state index contributed by atoms with van der Waals surface area (Å²) in [7, 11) is 0. The first-order valence-electron chi connectivity index (χ1n) is 38.1. The van der Waals surface area contributed by atoms with Crippen molar-refractivity contribution in [1.29, 1.82) is 0 Å². The van der Waals surface area contributed by atoms with Crippen molar-refractivity contribution in [3.8, 4) is 0 Å². The van der Waals surface area contributed by atoms with Gasteiger partial charge in [-0.2, -0.15) is 0 Å². The van der Waals surface area contributed by atoms with Crippen LogP contribution < -0.4 is 5.32 Å². The maximum Gasteiger partial charge on any atom is 0.305 e. The molecule has 0 heterocycles. The zero-order valence-corrected chi connectivity index (χ0v) is 56.5. The summed E-state index contributed by atoms with van der Waals surface area (Å²) in [6.07, 6.45) is 93.0. The van der Waals surface area contributed by atoms with E-state index in [1.54, 1.807) is 6.08 Å². The molecule has 0 aromatic heterocycles. The van der Waals surface area contributed by atoms with Crippen LogP contribution in [0, 0.1) is 0 Å². The average Bonchev–Trinajstić information content (AvgIpc) is 3.49. The topological polar surface area (TPSA) is 95.9 Å². The molecule has 0 rings (SSSR count). The Kier molecular flexibility index (Phi) is 71.4. The molecule has 0 aliphatic rings. The number of carbonyl (C=O) groups excluding carboxylic acids is 2. The number of unbranched alkanes of at least 4 members (excludes halogenated alkanes) is 59. The van der Waals surface area contributed by atoms with Gasteiger partial charge in [0.05, 0.1) is 25.4 Å². The van der Waals surface area contributed by atoms with Crippen LogP contribution in [0.4, 0.5) is 0 Å². The monoisotopic (exact) mass is 1170 g/mol. The van der Waals surface area contributed by atoms with E-state index in [1.165, 1.54) is 366 Å². The van der Waals surface area contributed by atoms with E-state index in [2.05, 4.69) is 31.3 Å². The SMILES string of the molecule is CCCCCCCCCCCCCC/C=C/C(O)C(CO)NC(=O)CCCCCCCCCCCCCCCCCCC/C=C\CCCCCCCCCCCCCCCCCCOC(=O)CCCCCCCCCCCCCCCCC. The van der Waals surface area contributed by atoms with Crippen LogP contribution in [0.3, 0.4) is 0 Å². The summed E-state index contributed by atoms with van der Waals surface area (Å²) in [5.41, 5.74) is 0. The molecule has 6 nitrogen and oxygen atoms in total. The molecular weight excluding hydrogens is 1020 g/mol. The van der Waals surface area contributed by atoms with Crippen LogP contribution in [-0.2, 0) is 14.3 Å². The molecule has 0 aliphatic heterocycles. The first-order valence-corrected chi connectivity index (χ1v) is 38.1. The summed E-state index contributed by atoms with van der Waals surface area (Å²) < 4.78 is 5.51. The van der Waals surface area contributed by atoms with E-state index in [0.717, 1.165) is 38.5 Å². The van der Waals surface area contributed by atoms with Gasteiger partial charge in [0.15, 0.2) is 0 Å². The molecule has 0 spiro atoms. The van der Waals surface area contributed by atoms with Gasteiger partial charge in [0.2, 0.25) is 5.91 Å². The molecule has 2 unspecified atom stereocenters. The van der Waals surface area contributed by atoms with Gasteiger partial charge in [-0.05, 0) is 57.8 Å². The van der Waals surface area contributed by atoms with Gasteiger partial charge < -0.3 is 20.3 Å². The minimum Gasteiger partial charge on any atom is -0.466 e. The van der Waals surface area contributed by atoms with Crippen molar-refractivity contribution in [3.63, 3.8) is 0 Å². The molecule has 83 heavy (non-hydrogen) atoms. The molecule has 0 radical (unpaired) electrons. The zero-order valence-electron chi connectivity index (χ0n) is 56.5. The van der Waals surface area contributed by atoms with Crippen LogP contribution in [0.5, 0.6) is 0 Å². The van der Waals surface area contributed by atoms with E-state index in [9.17, 15) is 19.8 Å². The highest BCUT2D eigenvalue weighted by Gasteiger charge is 2.18. The van der Waals surface area contributed by atoms with Crippen molar-refractivity contribution in [2.45, 2.75) is 443 Å². The Morgan fingerprint density at radius 3 is 0.855 bits per heavy atom. The lowest BCUT2D eigenvalue weighted by Gasteiger charge is -2.20. The van der Waals surface area contributed by atoms with Gasteiger partial charge in [0.25, 0.3) is 0 Å². The van der Waals surface area contributed by atoms with Crippen LogP contribution in [0.2, 0.25) is 0 Å². The molecule has 0 saturated heterocycles. The highest BCUT2D eigenvalue weighted by Crippen LogP contribution is 2.19. The van der Waals surface area contributed by atoms with Crippen molar-refractivity contribution in [2.75, 3.05) is 13.2 Å². The molecule has 3 N–H and O–H groups in total. The first kappa shape index (κ1) is 81.3. The highest BCUT2D eigenvalue weighted by molar-refractivity contribution is 5.76.